The number of nitrogen functional groups attached to an aromatic ring is 1. The maximum Gasteiger partial charge on any atom is 0.416 e. The number of nitrogens with two attached hydrogens (primary N) is 1. The predicted molar refractivity (Wildman–Crippen MR) is 123 cm³/mol. The van der Waals surface area contributed by atoms with Crippen LogP contribution in [0.5, 0.6) is 0 Å². The van der Waals surface area contributed by atoms with Crippen LogP contribution in [-0.4, -0.2) is 46.8 Å². The molecule has 0 saturated heterocycles. The number of rotatable bonds is 8. The van der Waals surface area contributed by atoms with E-state index in [1.807, 2.05) is 43.3 Å². The van der Waals surface area contributed by atoms with Crippen LogP contribution in [0.25, 0.3) is 0 Å². The van der Waals surface area contributed by atoms with Crippen LogP contribution in [0.4, 0.5) is 30.5 Å². The zero-order chi connectivity index (χ0) is 24.0. The van der Waals surface area contributed by atoms with Gasteiger partial charge in [0.05, 0.1) is 17.5 Å². The molecule has 0 saturated carbocycles. The van der Waals surface area contributed by atoms with Gasteiger partial charge >= 0.3 is 6.18 Å². The van der Waals surface area contributed by atoms with E-state index in [0.717, 1.165) is 39.8 Å². The number of hydrogen-bond donors (Lipinski definition) is 3. The Labute approximate surface area is 191 Å². The second-order valence-electron chi connectivity index (χ2n) is 6.95. The summed E-state index contributed by atoms with van der Waals surface area (Å²) in [7, 11) is 3.90. The Morgan fingerprint density at radius 1 is 1.21 bits per heavy atom. The summed E-state index contributed by atoms with van der Waals surface area (Å²) in [6, 6.07) is 12.1. The molecule has 1 amide bonds. The van der Waals surface area contributed by atoms with Crippen LogP contribution >= 0.6 is 11.8 Å². The predicted octanol–water partition coefficient (Wildman–Crippen LogP) is 3.25. The highest BCUT2D eigenvalue weighted by atomic mass is 32.2. The Hall–Kier alpha value is -3.74. The minimum Gasteiger partial charge on any atom is -0.378 e. The van der Waals surface area contributed by atoms with Crippen LogP contribution < -0.4 is 21.5 Å². The molecule has 2 aromatic carbocycles. The molecule has 1 aromatic heterocycles. The fourth-order valence-corrected chi connectivity index (χ4v) is 3.23. The molecule has 4 N–H and O–H groups in total. The van der Waals surface area contributed by atoms with E-state index in [1.54, 1.807) is 6.21 Å². The van der Waals surface area contributed by atoms with E-state index in [-0.39, 0.29) is 22.5 Å². The molecule has 0 atom stereocenters. The third-order valence-corrected chi connectivity index (χ3v) is 5.20. The first kappa shape index (κ1) is 23.9. The smallest absolute Gasteiger partial charge is 0.378 e. The number of nitrogens with one attached hydrogen (secondary N) is 2. The quantitative estimate of drug-likeness (QED) is 0.197. The summed E-state index contributed by atoms with van der Waals surface area (Å²) >= 11 is 0.973. The fourth-order valence-electron chi connectivity index (χ4n) is 2.58. The highest BCUT2D eigenvalue weighted by molar-refractivity contribution is 7.99. The first-order valence-electron chi connectivity index (χ1n) is 9.50. The molecular weight excluding hydrogens is 457 g/mol. The number of nitrogens with zero attached hydrogens (tertiary/aromatic N) is 5. The molecule has 0 bridgehead atoms. The molecule has 3 aromatic rings. The monoisotopic (exact) mass is 478 g/mol. The first-order valence-corrected chi connectivity index (χ1v) is 10.5. The van der Waals surface area contributed by atoms with Crippen LogP contribution in [0.2, 0.25) is 0 Å². The summed E-state index contributed by atoms with van der Waals surface area (Å²) in [6.07, 6.45) is -2.91. The van der Waals surface area contributed by atoms with Crippen molar-refractivity contribution in [2.24, 2.45) is 5.10 Å². The van der Waals surface area contributed by atoms with Gasteiger partial charge in [0.1, 0.15) is 0 Å². The van der Waals surface area contributed by atoms with E-state index in [2.05, 4.69) is 26.0 Å². The van der Waals surface area contributed by atoms with Crippen LogP contribution in [0.3, 0.4) is 0 Å². The van der Waals surface area contributed by atoms with Gasteiger partial charge in [0.15, 0.2) is 0 Å². The van der Waals surface area contributed by atoms with Crippen molar-refractivity contribution in [2.45, 2.75) is 11.3 Å². The molecule has 174 valence electrons. The van der Waals surface area contributed by atoms with Gasteiger partial charge < -0.3 is 16.1 Å². The van der Waals surface area contributed by atoms with Crippen molar-refractivity contribution in [1.29, 1.82) is 0 Å². The Morgan fingerprint density at radius 2 is 1.94 bits per heavy atom. The lowest BCUT2D eigenvalue weighted by Crippen LogP contribution is -2.17. The van der Waals surface area contributed by atoms with E-state index in [1.165, 1.54) is 12.1 Å². The topological polar surface area (TPSA) is 113 Å². The number of hydrogen-bond acceptors (Lipinski definition) is 8. The zero-order valence-corrected chi connectivity index (χ0v) is 18.5. The number of benzene rings is 2. The van der Waals surface area contributed by atoms with Gasteiger partial charge in [0, 0.05) is 25.5 Å². The number of alkyl halides is 3. The van der Waals surface area contributed by atoms with E-state index >= 15 is 0 Å². The van der Waals surface area contributed by atoms with Gasteiger partial charge in [-0.1, -0.05) is 30.0 Å². The SMILES string of the molecule is CN(C)c1ccc(/C=N/Nc2nnc(SCC(=O)Nc3cccc(C(F)(F)F)c3)n2N)cc1. The Morgan fingerprint density at radius 3 is 2.61 bits per heavy atom. The maximum atomic E-state index is 12.8. The molecular formula is C20H21F3N8OS. The van der Waals surface area contributed by atoms with Crippen LogP contribution in [0.1, 0.15) is 11.1 Å². The third kappa shape index (κ3) is 6.62. The second kappa shape index (κ2) is 10.3. The average Bonchev–Trinajstić information content (AvgIpc) is 3.12. The first-order chi connectivity index (χ1) is 15.6. The van der Waals surface area contributed by atoms with E-state index in [0.29, 0.717) is 0 Å². The Kier molecular flexibility index (Phi) is 7.43. The van der Waals surface area contributed by atoms with Gasteiger partial charge in [-0.15, -0.1) is 10.2 Å². The summed E-state index contributed by atoms with van der Waals surface area (Å²) in [5, 5.41) is 14.4. The Bertz CT molecular complexity index is 1130. The van der Waals surface area contributed by atoms with E-state index in [9.17, 15) is 18.0 Å². The number of thioether (sulfide) groups is 1. The second-order valence-corrected chi connectivity index (χ2v) is 7.89. The molecule has 0 fully saturated rings. The highest BCUT2D eigenvalue weighted by Crippen LogP contribution is 2.30. The number of amides is 1. The molecule has 0 aliphatic carbocycles. The molecule has 1 heterocycles. The highest BCUT2D eigenvalue weighted by Gasteiger charge is 2.30. The van der Waals surface area contributed by atoms with Crippen molar-refractivity contribution in [2.75, 3.05) is 41.3 Å². The third-order valence-electron chi connectivity index (χ3n) is 4.26. The lowest BCUT2D eigenvalue weighted by atomic mass is 10.2. The van der Waals surface area contributed by atoms with Crippen molar-refractivity contribution in [3.63, 3.8) is 0 Å². The van der Waals surface area contributed by atoms with Gasteiger partial charge in [-0.25, -0.2) is 10.1 Å². The van der Waals surface area contributed by atoms with Crippen molar-refractivity contribution >= 4 is 41.2 Å². The van der Waals surface area contributed by atoms with Gasteiger partial charge in [0.2, 0.25) is 11.1 Å². The molecule has 3 rings (SSSR count). The van der Waals surface area contributed by atoms with Crippen molar-refractivity contribution < 1.29 is 18.0 Å². The van der Waals surface area contributed by atoms with Gasteiger partial charge in [0.25, 0.3) is 5.95 Å². The summed E-state index contributed by atoms with van der Waals surface area (Å²) in [5.74, 6) is 5.42. The largest absolute Gasteiger partial charge is 0.416 e. The van der Waals surface area contributed by atoms with Crippen LogP contribution in [0, 0.1) is 0 Å². The van der Waals surface area contributed by atoms with Crippen LogP contribution in [-0.2, 0) is 11.0 Å². The normalized spacial score (nSPS) is 11.5. The minimum absolute atomic E-state index is 0.0416. The van der Waals surface area contributed by atoms with Crippen LogP contribution in [0.15, 0.2) is 58.8 Å². The lowest BCUT2D eigenvalue weighted by Gasteiger charge is -2.11. The molecule has 9 nitrogen and oxygen atoms in total. The number of aromatic nitrogens is 3. The number of carbonyl (C=O) groups excluding carboxylic acids is 1. The fraction of sp³-hybridized carbons (Fsp3) is 0.200. The lowest BCUT2D eigenvalue weighted by molar-refractivity contribution is -0.137. The summed E-state index contributed by atoms with van der Waals surface area (Å²) in [4.78, 5) is 14.1. The minimum atomic E-state index is -4.49. The summed E-state index contributed by atoms with van der Waals surface area (Å²) in [6.45, 7) is 0. The van der Waals surface area contributed by atoms with Crippen molar-refractivity contribution in [3.8, 4) is 0 Å². The molecule has 13 heteroatoms. The molecule has 0 aliphatic rings. The Balaban J connectivity index is 1.53. The van der Waals surface area contributed by atoms with Gasteiger partial charge in [-0.3, -0.25) is 4.79 Å². The van der Waals surface area contributed by atoms with Crippen molar-refractivity contribution in [1.82, 2.24) is 14.9 Å². The van der Waals surface area contributed by atoms with E-state index in [4.69, 9.17) is 5.84 Å². The molecule has 0 aliphatic heterocycles. The molecule has 0 radical (unpaired) electrons. The van der Waals surface area contributed by atoms with Gasteiger partial charge in [-0.2, -0.15) is 18.3 Å². The molecule has 0 spiro atoms. The number of halogens is 3. The number of carbonyl (C=O) groups is 1. The van der Waals surface area contributed by atoms with Crippen molar-refractivity contribution in [3.05, 3.63) is 59.7 Å². The van der Waals surface area contributed by atoms with Gasteiger partial charge in [-0.05, 0) is 35.9 Å². The molecule has 33 heavy (non-hydrogen) atoms. The number of anilines is 3. The average molecular weight is 479 g/mol. The molecule has 0 unspecified atom stereocenters. The summed E-state index contributed by atoms with van der Waals surface area (Å²) < 4.78 is 39.5. The summed E-state index contributed by atoms with van der Waals surface area (Å²) in [5.41, 5.74) is 3.78. The number of hydrazone groups is 1. The standard InChI is InChI=1S/C20H21F3N8OS/c1-30(2)16-8-6-13(7-9-16)11-25-27-18-28-29-19(31(18)24)33-12-17(32)26-15-5-3-4-14(10-15)20(21,22)23/h3-11H,12,24H2,1-2H3,(H,26,32)(H,27,28)/b25-11+. The zero-order valence-electron chi connectivity index (χ0n) is 17.7. The van der Waals surface area contributed by atoms with E-state index < -0.39 is 17.6 Å². The maximum absolute atomic E-state index is 12.8.